The van der Waals surface area contributed by atoms with Crippen LogP contribution in [0.25, 0.3) is 5.69 Å². The first kappa shape index (κ1) is 9.58. The van der Waals surface area contributed by atoms with E-state index in [-0.39, 0.29) is 5.69 Å². The van der Waals surface area contributed by atoms with Crippen molar-refractivity contribution in [3.05, 3.63) is 47.1 Å². The Morgan fingerprint density at radius 2 is 2.33 bits per heavy atom. The number of imidazole rings is 1. The molecule has 0 aliphatic carbocycles. The molecule has 2 rings (SSSR count). The van der Waals surface area contributed by atoms with Gasteiger partial charge in [0, 0.05) is 18.5 Å². The van der Waals surface area contributed by atoms with Crippen molar-refractivity contribution in [3.63, 3.8) is 0 Å². The number of nitrogens with one attached hydrogen (secondary N) is 1. The number of H-pyrrole nitrogens is 1. The predicted molar refractivity (Wildman–Crippen MR) is 57.6 cm³/mol. The van der Waals surface area contributed by atoms with Gasteiger partial charge in [0.1, 0.15) is 5.75 Å². The van der Waals surface area contributed by atoms with Crippen molar-refractivity contribution >= 4 is 0 Å². The molecule has 0 unspecified atom stereocenters. The molecule has 1 heterocycles. The Balaban J connectivity index is 2.41. The summed E-state index contributed by atoms with van der Waals surface area (Å²) >= 11 is 0. The number of rotatable bonds is 3. The molecular formula is C11H12N2O2. The lowest BCUT2D eigenvalue weighted by Gasteiger charge is -2.05. The van der Waals surface area contributed by atoms with Gasteiger partial charge in [-0.25, -0.2) is 4.79 Å². The summed E-state index contributed by atoms with van der Waals surface area (Å²) in [5.74, 6) is 0.767. The predicted octanol–water partition coefficient (Wildman–Crippen LogP) is 1.56. The molecule has 78 valence electrons. The molecule has 1 aromatic carbocycles. The molecule has 4 nitrogen and oxygen atoms in total. The van der Waals surface area contributed by atoms with Gasteiger partial charge in [-0.05, 0) is 19.1 Å². The number of ether oxygens (including phenoxy) is 1. The fourth-order valence-corrected chi connectivity index (χ4v) is 1.41. The van der Waals surface area contributed by atoms with E-state index in [4.69, 9.17) is 4.74 Å². The molecule has 15 heavy (non-hydrogen) atoms. The molecule has 0 radical (unpaired) electrons. The Hall–Kier alpha value is -1.97. The maximum absolute atomic E-state index is 11.4. The first-order valence-electron chi connectivity index (χ1n) is 4.80. The average Bonchev–Trinajstić information content (AvgIpc) is 2.65. The first-order valence-corrected chi connectivity index (χ1v) is 4.80. The van der Waals surface area contributed by atoms with Crippen LogP contribution >= 0.6 is 0 Å². The molecule has 0 bridgehead atoms. The van der Waals surface area contributed by atoms with Gasteiger partial charge in [0.25, 0.3) is 0 Å². The zero-order valence-corrected chi connectivity index (χ0v) is 8.43. The molecule has 0 saturated heterocycles. The van der Waals surface area contributed by atoms with Gasteiger partial charge in [0.2, 0.25) is 0 Å². The van der Waals surface area contributed by atoms with Crippen molar-refractivity contribution in [2.75, 3.05) is 6.61 Å². The quantitative estimate of drug-likeness (QED) is 0.824. The summed E-state index contributed by atoms with van der Waals surface area (Å²) in [6.45, 7) is 2.54. The lowest BCUT2D eigenvalue weighted by Crippen LogP contribution is -2.13. The first-order chi connectivity index (χ1) is 7.31. The maximum atomic E-state index is 11.4. The number of nitrogens with zero attached hydrogens (tertiary/aromatic N) is 1. The van der Waals surface area contributed by atoms with E-state index in [9.17, 15) is 4.79 Å². The van der Waals surface area contributed by atoms with E-state index >= 15 is 0 Å². The molecule has 1 N–H and O–H groups in total. The van der Waals surface area contributed by atoms with Crippen molar-refractivity contribution in [2.45, 2.75) is 6.92 Å². The Bertz CT molecular complexity index is 499. The minimum Gasteiger partial charge on any atom is -0.494 e. The second-order valence-electron chi connectivity index (χ2n) is 3.07. The van der Waals surface area contributed by atoms with Gasteiger partial charge in [-0.3, -0.25) is 4.57 Å². The second-order valence-corrected chi connectivity index (χ2v) is 3.07. The van der Waals surface area contributed by atoms with E-state index < -0.39 is 0 Å². The molecule has 0 aliphatic heterocycles. The zero-order valence-electron chi connectivity index (χ0n) is 8.43. The van der Waals surface area contributed by atoms with Gasteiger partial charge in [-0.2, -0.15) is 0 Å². The van der Waals surface area contributed by atoms with Crippen molar-refractivity contribution in [1.82, 2.24) is 9.55 Å². The summed E-state index contributed by atoms with van der Waals surface area (Å²) in [5.41, 5.74) is 0.649. The number of benzene rings is 1. The molecule has 0 amide bonds. The fraction of sp³-hybridized carbons (Fsp3) is 0.182. The summed E-state index contributed by atoms with van der Waals surface area (Å²) in [6, 6.07) is 7.42. The van der Waals surface area contributed by atoms with Crippen LogP contribution in [0.1, 0.15) is 6.92 Å². The van der Waals surface area contributed by atoms with Gasteiger partial charge >= 0.3 is 5.69 Å². The minimum absolute atomic E-state index is 0.149. The lowest BCUT2D eigenvalue weighted by atomic mass is 10.3. The number of hydrogen-bond acceptors (Lipinski definition) is 2. The molecule has 0 spiro atoms. The van der Waals surface area contributed by atoms with Crippen molar-refractivity contribution in [3.8, 4) is 11.4 Å². The lowest BCUT2D eigenvalue weighted by molar-refractivity contribution is 0.340. The highest BCUT2D eigenvalue weighted by atomic mass is 16.5. The molecular weight excluding hydrogens is 192 g/mol. The fourth-order valence-electron chi connectivity index (χ4n) is 1.41. The summed E-state index contributed by atoms with van der Waals surface area (Å²) in [5, 5.41) is 0. The van der Waals surface area contributed by atoms with E-state index in [0.29, 0.717) is 6.61 Å². The van der Waals surface area contributed by atoms with Gasteiger partial charge < -0.3 is 9.72 Å². The van der Waals surface area contributed by atoms with Crippen LogP contribution in [0.4, 0.5) is 0 Å². The molecule has 2 aromatic rings. The summed E-state index contributed by atoms with van der Waals surface area (Å²) in [7, 11) is 0. The van der Waals surface area contributed by atoms with E-state index in [1.807, 2.05) is 31.2 Å². The van der Waals surface area contributed by atoms with E-state index in [0.717, 1.165) is 11.4 Å². The van der Waals surface area contributed by atoms with Crippen LogP contribution in [0.3, 0.4) is 0 Å². The van der Waals surface area contributed by atoms with Crippen LogP contribution in [0.15, 0.2) is 41.5 Å². The Kier molecular flexibility index (Phi) is 2.58. The Labute approximate surface area is 87.1 Å². The van der Waals surface area contributed by atoms with Crippen molar-refractivity contribution in [2.24, 2.45) is 0 Å². The van der Waals surface area contributed by atoms with Crippen LogP contribution in [-0.2, 0) is 0 Å². The van der Waals surface area contributed by atoms with E-state index in [1.165, 1.54) is 4.57 Å². The SMILES string of the molecule is CCOc1cccc(-n2cc[nH]c2=O)c1. The standard InChI is InChI=1S/C11H12N2O2/c1-2-15-10-5-3-4-9(8-10)13-7-6-12-11(13)14/h3-8H,2H2,1H3,(H,12,14). The highest BCUT2D eigenvalue weighted by Gasteiger charge is 2.00. The number of aromatic nitrogens is 2. The normalized spacial score (nSPS) is 10.2. The van der Waals surface area contributed by atoms with Crippen LogP contribution in [0.5, 0.6) is 5.75 Å². The summed E-state index contributed by atoms with van der Waals surface area (Å²) < 4.78 is 6.89. The monoisotopic (exact) mass is 204 g/mol. The van der Waals surface area contributed by atoms with Crippen molar-refractivity contribution < 1.29 is 4.74 Å². The Morgan fingerprint density at radius 3 is 3.00 bits per heavy atom. The molecule has 1 aromatic heterocycles. The number of hydrogen-bond donors (Lipinski definition) is 1. The van der Waals surface area contributed by atoms with Crippen LogP contribution in [0.2, 0.25) is 0 Å². The molecule has 0 atom stereocenters. The smallest absolute Gasteiger partial charge is 0.330 e. The van der Waals surface area contributed by atoms with Crippen LogP contribution in [0, 0.1) is 0 Å². The summed E-state index contributed by atoms with van der Waals surface area (Å²) in [6.07, 6.45) is 3.29. The van der Waals surface area contributed by atoms with Crippen LogP contribution < -0.4 is 10.4 Å². The highest BCUT2D eigenvalue weighted by Crippen LogP contribution is 2.15. The van der Waals surface area contributed by atoms with Gasteiger partial charge in [-0.1, -0.05) is 6.07 Å². The molecule has 0 aliphatic rings. The van der Waals surface area contributed by atoms with Gasteiger partial charge in [0.05, 0.1) is 12.3 Å². The molecule has 0 saturated carbocycles. The molecule has 0 fully saturated rings. The topological polar surface area (TPSA) is 47.0 Å². The zero-order chi connectivity index (χ0) is 10.7. The van der Waals surface area contributed by atoms with E-state index in [2.05, 4.69) is 4.98 Å². The number of aromatic amines is 1. The van der Waals surface area contributed by atoms with Crippen LogP contribution in [-0.4, -0.2) is 16.2 Å². The third-order valence-corrected chi connectivity index (χ3v) is 2.06. The highest BCUT2D eigenvalue weighted by molar-refractivity contribution is 5.39. The molecule has 4 heteroatoms. The largest absolute Gasteiger partial charge is 0.494 e. The average molecular weight is 204 g/mol. The third kappa shape index (κ3) is 1.93. The Morgan fingerprint density at radius 1 is 1.47 bits per heavy atom. The second kappa shape index (κ2) is 4.04. The van der Waals surface area contributed by atoms with Gasteiger partial charge in [-0.15, -0.1) is 0 Å². The van der Waals surface area contributed by atoms with Gasteiger partial charge in [0.15, 0.2) is 0 Å². The van der Waals surface area contributed by atoms with E-state index in [1.54, 1.807) is 12.4 Å². The van der Waals surface area contributed by atoms with Crippen molar-refractivity contribution in [1.29, 1.82) is 0 Å². The third-order valence-electron chi connectivity index (χ3n) is 2.06. The minimum atomic E-state index is -0.149. The summed E-state index contributed by atoms with van der Waals surface area (Å²) in [4.78, 5) is 13.9. The maximum Gasteiger partial charge on any atom is 0.330 e.